The van der Waals surface area contributed by atoms with Crippen LogP contribution in [0.2, 0.25) is 0 Å². The van der Waals surface area contributed by atoms with Gasteiger partial charge >= 0.3 is 0 Å². The number of hydrogen-bond donors (Lipinski definition) is 3. The van der Waals surface area contributed by atoms with E-state index in [0.717, 1.165) is 11.3 Å². The van der Waals surface area contributed by atoms with Gasteiger partial charge in [-0.15, -0.1) is 10.2 Å². The van der Waals surface area contributed by atoms with Crippen LogP contribution in [0.15, 0.2) is 4.34 Å². The molecule has 0 radical (unpaired) electrons. The molecule has 58 valence electrons. The fourth-order valence-electron chi connectivity index (χ4n) is 0.400. The molecule has 4 N–H and O–H groups in total. The van der Waals surface area contributed by atoms with Crippen molar-refractivity contribution < 1.29 is 9.11 Å². The lowest BCUT2D eigenvalue weighted by molar-refractivity contribution is 0.487. The molecule has 0 amide bonds. The molecular formula is C3H7N3O2S2. The van der Waals surface area contributed by atoms with Crippen LogP contribution < -0.4 is 5.14 Å². The minimum atomic E-state index is -3.14. The predicted molar refractivity (Wildman–Crippen MR) is 39.9 cm³/mol. The average Bonchev–Trinajstić information content (AvgIpc) is 2.11. The molecule has 0 aliphatic rings. The second kappa shape index (κ2) is 2.44. The molecule has 10 heavy (non-hydrogen) atoms. The third kappa shape index (κ3) is 1.64. The van der Waals surface area contributed by atoms with Gasteiger partial charge in [-0.25, -0.2) is 5.14 Å². The van der Waals surface area contributed by atoms with E-state index in [0.29, 0.717) is 5.01 Å². The maximum absolute atomic E-state index is 8.83. The Morgan fingerprint density at radius 3 is 2.30 bits per heavy atom. The Hall–Kier alpha value is -0.210. The van der Waals surface area contributed by atoms with E-state index < -0.39 is 10.8 Å². The minimum absolute atomic E-state index is 0.0880. The minimum Gasteiger partial charge on any atom is -0.280 e. The standard InChI is InChI=1S/C3H7N3O2S2/c1-2-5-6-3(9-2)10(4,7)8/h7-8H,4H2,1H3. The quantitative estimate of drug-likeness (QED) is 0.596. The largest absolute Gasteiger partial charge is 0.280 e. The fourth-order valence-corrected chi connectivity index (χ4v) is 1.83. The van der Waals surface area contributed by atoms with Gasteiger partial charge in [0, 0.05) is 0 Å². The van der Waals surface area contributed by atoms with Crippen molar-refractivity contribution in [1.29, 1.82) is 0 Å². The van der Waals surface area contributed by atoms with Crippen molar-refractivity contribution in [1.82, 2.24) is 10.2 Å². The van der Waals surface area contributed by atoms with Crippen LogP contribution in [0.3, 0.4) is 0 Å². The molecule has 0 bridgehead atoms. The molecule has 0 aliphatic heterocycles. The Balaban J connectivity index is 2.96. The first-order valence-corrected chi connectivity index (χ1v) is 4.79. The van der Waals surface area contributed by atoms with Gasteiger partial charge < -0.3 is 0 Å². The molecule has 0 spiro atoms. The van der Waals surface area contributed by atoms with Crippen LogP contribution in [0.1, 0.15) is 5.01 Å². The molecule has 1 aromatic heterocycles. The van der Waals surface area contributed by atoms with E-state index in [2.05, 4.69) is 10.2 Å². The SMILES string of the molecule is Cc1nnc(S(N)(O)O)s1. The number of rotatable bonds is 1. The Morgan fingerprint density at radius 2 is 2.10 bits per heavy atom. The van der Waals surface area contributed by atoms with Gasteiger partial charge in [-0.3, -0.25) is 9.11 Å². The molecule has 5 nitrogen and oxygen atoms in total. The van der Waals surface area contributed by atoms with Crippen LogP contribution in [0.4, 0.5) is 0 Å². The summed E-state index contributed by atoms with van der Waals surface area (Å²) < 4.78 is 17.7. The van der Waals surface area contributed by atoms with Crippen molar-refractivity contribution in [3.63, 3.8) is 0 Å². The smallest absolute Gasteiger partial charge is 0.240 e. The Morgan fingerprint density at radius 1 is 1.50 bits per heavy atom. The van der Waals surface area contributed by atoms with Crippen LogP contribution in [0.25, 0.3) is 0 Å². The number of hydrogen-bond acceptors (Lipinski definition) is 6. The molecule has 0 fully saturated rings. The summed E-state index contributed by atoms with van der Waals surface area (Å²) in [5.74, 6) is 0. The summed E-state index contributed by atoms with van der Waals surface area (Å²) >= 11 is 1.08. The molecule has 1 rings (SSSR count). The molecule has 0 unspecified atom stereocenters. The molecule has 1 heterocycles. The van der Waals surface area contributed by atoms with Gasteiger partial charge in [0.1, 0.15) is 5.01 Å². The van der Waals surface area contributed by atoms with E-state index in [-0.39, 0.29) is 4.34 Å². The van der Waals surface area contributed by atoms with E-state index >= 15 is 0 Å². The predicted octanol–water partition coefficient (Wildman–Crippen LogP) is 0.830. The molecule has 7 heteroatoms. The lowest BCUT2D eigenvalue weighted by Crippen LogP contribution is -2.07. The summed E-state index contributed by atoms with van der Waals surface area (Å²) in [5.41, 5.74) is 0. The van der Waals surface area contributed by atoms with Crippen molar-refractivity contribution in [2.24, 2.45) is 5.14 Å². The van der Waals surface area contributed by atoms with Gasteiger partial charge in [-0.2, -0.15) is 0 Å². The lowest BCUT2D eigenvalue weighted by Gasteiger charge is -2.20. The molecule has 0 saturated carbocycles. The van der Waals surface area contributed by atoms with Crippen molar-refractivity contribution in [2.45, 2.75) is 11.3 Å². The Bertz CT molecular complexity index is 230. The average molecular weight is 181 g/mol. The van der Waals surface area contributed by atoms with E-state index in [1.165, 1.54) is 0 Å². The Labute approximate surface area is 63.4 Å². The van der Waals surface area contributed by atoms with Crippen molar-refractivity contribution in [3.05, 3.63) is 5.01 Å². The normalized spacial score (nSPS) is 13.6. The summed E-state index contributed by atoms with van der Waals surface area (Å²) in [6.45, 7) is 1.71. The molecule has 0 atom stereocenters. The first-order chi connectivity index (χ1) is 4.50. The van der Waals surface area contributed by atoms with Crippen LogP contribution in [-0.4, -0.2) is 19.3 Å². The second-order valence-corrected chi connectivity index (χ2v) is 4.69. The van der Waals surface area contributed by atoms with Crippen molar-refractivity contribution >= 4 is 22.1 Å². The lowest BCUT2D eigenvalue weighted by atomic mass is 10.9. The molecule has 0 saturated heterocycles. The zero-order chi connectivity index (χ0) is 7.78. The van der Waals surface area contributed by atoms with Gasteiger partial charge in [-0.1, -0.05) is 22.1 Å². The second-order valence-electron chi connectivity index (χ2n) is 1.68. The topological polar surface area (TPSA) is 92.3 Å². The number of aromatic nitrogens is 2. The highest BCUT2D eigenvalue weighted by atomic mass is 32.3. The first kappa shape index (κ1) is 7.89. The van der Waals surface area contributed by atoms with Gasteiger partial charge in [0.05, 0.1) is 0 Å². The van der Waals surface area contributed by atoms with Crippen molar-refractivity contribution in [3.8, 4) is 0 Å². The van der Waals surface area contributed by atoms with Gasteiger partial charge in [-0.05, 0) is 6.92 Å². The third-order valence-electron chi connectivity index (χ3n) is 0.764. The summed E-state index contributed by atoms with van der Waals surface area (Å²) in [6.07, 6.45) is 0. The molecule has 0 aromatic carbocycles. The van der Waals surface area contributed by atoms with E-state index in [4.69, 9.17) is 14.2 Å². The maximum Gasteiger partial charge on any atom is 0.240 e. The van der Waals surface area contributed by atoms with E-state index in [1.807, 2.05) is 0 Å². The number of nitrogens with zero attached hydrogens (tertiary/aromatic N) is 2. The zero-order valence-corrected chi connectivity index (χ0v) is 6.82. The zero-order valence-electron chi connectivity index (χ0n) is 5.18. The molecule has 1 aromatic rings. The van der Waals surface area contributed by atoms with Crippen LogP contribution in [0, 0.1) is 6.92 Å². The molecule has 0 aliphatic carbocycles. The van der Waals surface area contributed by atoms with Gasteiger partial charge in [0.25, 0.3) is 0 Å². The van der Waals surface area contributed by atoms with E-state index in [9.17, 15) is 0 Å². The summed E-state index contributed by atoms with van der Waals surface area (Å²) in [6, 6.07) is 0. The fraction of sp³-hybridized carbons (Fsp3) is 0.333. The highest BCUT2D eigenvalue weighted by Gasteiger charge is 2.13. The van der Waals surface area contributed by atoms with Crippen LogP contribution in [0.5, 0.6) is 0 Å². The summed E-state index contributed by atoms with van der Waals surface area (Å²) in [5, 5.41) is 12.7. The highest BCUT2D eigenvalue weighted by molar-refractivity contribution is 8.23. The summed E-state index contributed by atoms with van der Waals surface area (Å²) in [7, 11) is -3.14. The summed E-state index contributed by atoms with van der Waals surface area (Å²) in [4.78, 5) is 0. The Kier molecular flexibility index (Phi) is 1.92. The number of aryl methyl sites for hydroxylation is 1. The van der Waals surface area contributed by atoms with E-state index in [1.54, 1.807) is 6.92 Å². The highest BCUT2D eigenvalue weighted by Crippen LogP contribution is 2.41. The van der Waals surface area contributed by atoms with Gasteiger partial charge in [0.2, 0.25) is 4.34 Å². The monoisotopic (exact) mass is 181 g/mol. The maximum atomic E-state index is 8.83. The van der Waals surface area contributed by atoms with Crippen LogP contribution in [-0.2, 0) is 0 Å². The number of nitrogens with two attached hydrogens (primary N) is 1. The third-order valence-corrected chi connectivity index (χ3v) is 2.98. The van der Waals surface area contributed by atoms with Gasteiger partial charge in [0.15, 0.2) is 0 Å². The first-order valence-electron chi connectivity index (χ1n) is 2.36. The van der Waals surface area contributed by atoms with Crippen molar-refractivity contribution in [2.75, 3.05) is 0 Å². The molecular weight excluding hydrogens is 174 g/mol. The van der Waals surface area contributed by atoms with Crippen LogP contribution >= 0.6 is 22.1 Å².